The lowest BCUT2D eigenvalue weighted by atomic mass is 9.80. The van der Waals surface area contributed by atoms with Crippen molar-refractivity contribution < 1.29 is 0 Å². The van der Waals surface area contributed by atoms with Crippen molar-refractivity contribution in [1.29, 1.82) is 0 Å². The number of fused-ring (bicyclic) bond motifs is 1. The molecule has 0 aromatic heterocycles. The van der Waals surface area contributed by atoms with E-state index in [4.69, 9.17) is 0 Å². The third kappa shape index (κ3) is 2.29. The monoisotopic (exact) mass is 236 g/mol. The molecular weight excluding hydrogens is 216 g/mol. The second kappa shape index (κ2) is 5.00. The number of hydrogen-bond donors (Lipinski definition) is 3. The molecule has 2 N–H and O–H groups in total. The van der Waals surface area contributed by atoms with Crippen molar-refractivity contribution in [2.24, 2.45) is 5.92 Å². The minimum Gasteiger partial charge on any atom is -0.388 e. The van der Waals surface area contributed by atoms with Gasteiger partial charge < -0.3 is 10.6 Å². The van der Waals surface area contributed by atoms with Gasteiger partial charge in [-0.25, -0.2) is 0 Å². The normalized spacial score (nSPS) is 25.9. The molecule has 2 rings (SSSR count). The average Bonchev–Trinajstić information content (AvgIpc) is 2.28. The van der Waals surface area contributed by atoms with Crippen LogP contribution in [0.5, 0.6) is 0 Å². The maximum absolute atomic E-state index is 4.40. The molecule has 3 heteroatoms. The van der Waals surface area contributed by atoms with Crippen LogP contribution >= 0.6 is 12.6 Å². The largest absolute Gasteiger partial charge is 0.388 e. The lowest BCUT2D eigenvalue weighted by Crippen LogP contribution is -2.28. The van der Waals surface area contributed by atoms with Gasteiger partial charge in [-0.05, 0) is 38.2 Å². The van der Waals surface area contributed by atoms with Gasteiger partial charge in [-0.3, -0.25) is 0 Å². The third-order valence-corrected chi connectivity index (χ3v) is 3.32. The smallest absolute Gasteiger partial charge is 0.0665 e. The quantitative estimate of drug-likeness (QED) is 0.518. The molecular formula is C13H20N2S. The van der Waals surface area contributed by atoms with Gasteiger partial charge in [-0.1, -0.05) is 12.2 Å². The van der Waals surface area contributed by atoms with Crippen molar-refractivity contribution in [3.63, 3.8) is 0 Å². The third-order valence-electron chi connectivity index (χ3n) is 3.19. The Morgan fingerprint density at radius 1 is 1.50 bits per heavy atom. The highest BCUT2D eigenvalue weighted by molar-refractivity contribution is 7.80. The Morgan fingerprint density at radius 2 is 2.31 bits per heavy atom. The van der Waals surface area contributed by atoms with Crippen LogP contribution in [0.15, 0.2) is 35.2 Å². The first-order valence-electron chi connectivity index (χ1n) is 5.96. The van der Waals surface area contributed by atoms with Gasteiger partial charge in [0.1, 0.15) is 0 Å². The molecule has 2 unspecified atom stereocenters. The summed E-state index contributed by atoms with van der Waals surface area (Å²) < 4.78 is 0. The van der Waals surface area contributed by atoms with Crippen LogP contribution in [0.1, 0.15) is 26.2 Å². The number of hydrogen-bond acceptors (Lipinski definition) is 3. The van der Waals surface area contributed by atoms with Gasteiger partial charge >= 0.3 is 0 Å². The van der Waals surface area contributed by atoms with Crippen molar-refractivity contribution >= 4 is 12.6 Å². The van der Waals surface area contributed by atoms with Gasteiger partial charge in [0.15, 0.2) is 0 Å². The topological polar surface area (TPSA) is 24.1 Å². The summed E-state index contributed by atoms with van der Waals surface area (Å²) in [5.41, 5.74) is 3.97. The van der Waals surface area contributed by atoms with E-state index in [0.29, 0.717) is 5.92 Å². The molecule has 88 valence electrons. The second-order valence-corrected chi connectivity index (χ2v) is 5.20. The molecule has 2 aliphatic carbocycles. The Balaban J connectivity index is 2.35. The Kier molecular flexibility index (Phi) is 3.64. The van der Waals surface area contributed by atoms with Gasteiger partial charge in [-0.15, -0.1) is 0 Å². The van der Waals surface area contributed by atoms with E-state index in [9.17, 15) is 0 Å². The standard InChI is InChI=1S/C13H20N2S/c1-9(16)15-12-8-4-6-10-5-3-7-11(14-2)13(10)12/h4,7-10,14-16H,3,5-6H2,1-2H3. The van der Waals surface area contributed by atoms with Crippen LogP contribution in [0, 0.1) is 5.92 Å². The number of allylic oxidation sites excluding steroid dienone is 4. The molecule has 16 heavy (non-hydrogen) atoms. The zero-order valence-corrected chi connectivity index (χ0v) is 10.8. The summed E-state index contributed by atoms with van der Waals surface area (Å²) in [6, 6.07) is 0. The summed E-state index contributed by atoms with van der Waals surface area (Å²) in [7, 11) is 2.00. The minimum absolute atomic E-state index is 0.186. The van der Waals surface area contributed by atoms with E-state index >= 15 is 0 Å². The number of rotatable bonds is 3. The van der Waals surface area contributed by atoms with Crippen LogP contribution in [0.2, 0.25) is 0 Å². The highest BCUT2D eigenvalue weighted by atomic mass is 32.1. The summed E-state index contributed by atoms with van der Waals surface area (Å²) >= 11 is 4.40. The number of likely N-dealkylation sites (N-methyl/N-ethyl adjacent to an activating group) is 1. The van der Waals surface area contributed by atoms with Crippen LogP contribution in [0.4, 0.5) is 0 Å². The van der Waals surface area contributed by atoms with E-state index in [1.807, 2.05) is 7.05 Å². The Bertz CT molecular complexity index is 353. The lowest BCUT2D eigenvalue weighted by Gasteiger charge is -2.31. The molecule has 0 aliphatic heterocycles. The first-order valence-corrected chi connectivity index (χ1v) is 6.47. The molecule has 0 saturated carbocycles. The highest BCUT2D eigenvalue weighted by Gasteiger charge is 2.25. The fourth-order valence-corrected chi connectivity index (χ4v) is 2.67. The van der Waals surface area contributed by atoms with Crippen molar-refractivity contribution in [2.45, 2.75) is 31.6 Å². The van der Waals surface area contributed by atoms with Crippen LogP contribution in [0.25, 0.3) is 0 Å². The van der Waals surface area contributed by atoms with Gasteiger partial charge in [-0.2, -0.15) is 12.6 Å². The van der Waals surface area contributed by atoms with Gasteiger partial charge in [0, 0.05) is 24.0 Å². The van der Waals surface area contributed by atoms with Crippen LogP contribution in [-0.2, 0) is 0 Å². The Hall–Kier alpha value is -0.830. The molecule has 0 saturated heterocycles. The van der Waals surface area contributed by atoms with Gasteiger partial charge in [0.2, 0.25) is 0 Å². The molecule has 0 fully saturated rings. The SMILES string of the molecule is CNC1=CCCC2CC=CC(NC(C)S)=C12. The molecule has 0 aromatic rings. The summed E-state index contributed by atoms with van der Waals surface area (Å²) in [6.07, 6.45) is 10.4. The molecule has 0 spiro atoms. The van der Waals surface area contributed by atoms with E-state index in [2.05, 4.69) is 48.4 Å². The lowest BCUT2D eigenvalue weighted by molar-refractivity contribution is 0.533. The summed E-state index contributed by atoms with van der Waals surface area (Å²) in [5, 5.41) is 6.92. The predicted molar refractivity (Wildman–Crippen MR) is 72.2 cm³/mol. The molecule has 0 bridgehead atoms. The fraction of sp³-hybridized carbons (Fsp3) is 0.538. The van der Waals surface area contributed by atoms with Crippen molar-refractivity contribution in [3.8, 4) is 0 Å². The zero-order valence-electron chi connectivity index (χ0n) is 9.96. The van der Waals surface area contributed by atoms with E-state index in [1.165, 1.54) is 36.2 Å². The Labute approximate surface area is 103 Å². The Morgan fingerprint density at radius 3 is 3.00 bits per heavy atom. The fourth-order valence-electron chi connectivity index (χ4n) is 2.53. The van der Waals surface area contributed by atoms with Gasteiger partial charge in [0.25, 0.3) is 0 Å². The average molecular weight is 236 g/mol. The number of nitrogens with one attached hydrogen (secondary N) is 2. The molecule has 0 radical (unpaired) electrons. The van der Waals surface area contributed by atoms with Crippen molar-refractivity contribution in [2.75, 3.05) is 7.05 Å². The first-order chi connectivity index (χ1) is 7.72. The summed E-state index contributed by atoms with van der Waals surface area (Å²) in [6.45, 7) is 2.06. The van der Waals surface area contributed by atoms with Gasteiger partial charge in [0.05, 0.1) is 5.37 Å². The maximum atomic E-state index is 4.40. The molecule has 2 nitrogen and oxygen atoms in total. The molecule has 2 aliphatic rings. The van der Waals surface area contributed by atoms with E-state index < -0.39 is 0 Å². The van der Waals surface area contributed by atoms with E-state index in [1.54, 1.807) is 0 Å². The minimum atomic E-state index is 0.186. The van der Waals surface area contributed by atoms with Crippen molar-refractivity contribution in [1.82, 2.24) is 10.6 Å². The first kappa shape index (κ1) is 11.6. The van der Waals surface area contributed by atoms with E-state index in [-0.39, 0.29) is 5.37 Å². The molecule has 0 aromatic carbocycles. The molecule has 0 amide bonds. The van der Waals surface area contributed by atoms with Crippen LogP contribution in [0.3, 0.4) is 0 Å². The second-order valence-electron chi connectivity index (χ2n) is 4.43. The molecule has 2 atom stereocenters. The highest BCUT2D eigenvalue weighted by Crippen LogP contribution is 2.36. The predicted octanol–water partition coefficient (Wildman–Crippen LogP) is 2.58. The summed E-state index contributed by atoms with van der Waals surface area (Å²) in [4.78, 5) is 0. The number of thiol groups is 1. The summed E-state index contributed by atoms with van der Waals surface area (Å²) in [5.74, 6) is 0.673. The maximum Gasteiger partial charge on any atom is 0.0665 e. The van der Waals surface area contributed by atoms with Crippen LogP contribution < -0.4 is 10.6 Å². The van der Waals surface area contributed by atoms with Crippen LogP contribution in [-0.4, -0.2) is 12.4 Å². The zero-order chi connectivity index (χ0) is 11.5. The van der Waals surface area contributed by atoms with E-state index in [0.717, 1.165) is 0 Å². The molecule has 0 heterocycles. The van der Waals surface area contributed by atoms with Crippen molar-refractivity contribution in [3.05, 3.63) is 35.2 Å².